The molecular weight excluding hydrogens is 384 g/mol. The number of fused-ring (bicyclic) bond motifs is 2. The number of hydrogen-bond donors (Lipinski definition) is 1. The lowest BCUT2D eigenvalue weighted by atomic mass is 9.89. The summed E-state index contributed by atoms with van der Waals surface area (Å²) in [7, 11) is 0. The smallest absolute Gasteiger partial charge is 0.326 e. The summed E-state index contributed by atoms with van der Waals surface area (Å²) in [5.74, 6) is 0.636. The van der Waals surface area contributed by atoms with Gasteiger partial charge in [-0.1, -0.05) is 30.3 Å². The molecule has 1 N–H and O–H groups in total. The SMILES string of the molecule is CC(C)n1cc(C2CCN(CCCn3c(=O)[nH]c4ccccc43)CC2)c2ccccc21. The molecule has 5 nitrogen and oxygen atoms in total. The van der Waals surface area contributed by atoms with Gasteiger partial charge >= 0.3 is 5.69 Å². The highest BCUT2D eigenvalue weighted by atomic mass is 16.1. The number of hydrogen-bond acceptors (Lipinski definition) is 2. The first-order valence-electron chi connectivity index (χ1n) is 11.6. The predicted molar refractivity (Wildman–Crippen MR) is 128 cm³/mol. The second-order valence-corrected chi connectivity index (χ2v) is 9.17. The maximum Gasteiger partial charge on any atom is 0.326 e. The first-order chi connectivity index (χ1) is 15.1. The lowest BCUT2D eigenvalue weighted by molar-refractivity contribution is 0.207. The van der Waals surface area contributed by atoms with E-state index in [0.717, 1.165) is 43.6 Å². The third-order valence-electron chi connectivity index (χ3n) is 6.89. The quantitative estimate of drug-likeness (QED) is 0.473. The van der Waals surface area contributed by atoms with Crippen molar-refractivity contribution in [3.8, 4) is 0 Å². The van der Waals surface area contributed by atoms with Gasteiger partial charge in [-0.05, 0) is 82.4 Å². The molecule has 5 rings (SSSR count). The van der Waals surface area contributed by atoms with Crippen molar-refractivity contribution >= 4 is 21.9 Å². The van der Waals surface area contributed by atoms with Crippen molar-refractivity contribution in [1.29, 1.82) is 0 Å². The monoisotopic (exact) mass is 416 g/mol. The van der Waals surface area contributed by atoms with Gasteiger partial charge in [0, 0.05) is 29.7 Å². The van der Waals surface area contributed by atoms with Crippen LogP contribution in [0.4, 0.5) is 0 Å². The molecule has 1 saturated heterocycles. The van der Waals surface area contributed by atoms with E-state index < -0.39 is 0 Å². The van der Waals surface area contributed by atoms with Gasteiger partial charge in [-0.2, -0.15) is 0 Å². The molecular formula is C26H32N4O. The lowest BCUT2D eigenvalue weighted by Crippen LogP contribution is -2.34. The first-order valence-corrected chi connectivity index (χ1v) is 11.6. The van der Waals surface area contributed by atoms with Crippen LogP contribution >= 0.6 is 0 Å². The van der Waals surface area contributed by atoms with Crippen LogP contribution < -0.4 is 5.69 Å². The van der Waals surface area contributed by atoms with E-state index in [1.807, 2.05) is 28.8 Å². The number of aromatic nitrogens is 3. The van der Waals surface area contributed by atoms with Crippen molar-refractivity contribution in [2.24, 2.45) is 0 Å². The summed E-state index contributed by atoms with van der Waals surface area (Å²) in [6.45, 7) is 8.61. The number of nitrogens with one attached hydrogen (secondary N) is 1. The molecule has 0 radical (unpaired) electrons. The van der Waals surface area contributed by atoms with Crippen LogP contribution in [0.1, 0.15) is 50.6 Å². The predicted octanol–water partition coefficient (Wildman–Crippen LogP) is 5.13. The van der Waals surface area contributed by atoms with Gasteiger partial charge in [-0.3, -0.25) is 4.57 Å². The van der Waals surface area contributed by atoms with Crippen LogP contribution in [0.2, 0.25) is 0 Å². The summed E-state index contributed by atoms with van der Waals surface area (Å²) in [6.07, 6.45) is 5.82. The van der Waals surface area contributed by atoms with Crippen molar-refractivity contribution in [2.45, 2.75) is 51.6 Å². The zero-order valence-electron chi connectivity index (χ0n) is 18.6. The average molecular weight is 417 g/mol. The number of rotatable bonds is 6. The zero-order chi connectivity index (χ0) is 21.4. The fourth-order valence-electron chi connectivity index (χ4n) is 5.23. The van der Waals surface area contributed by atoms with Crippen LogP contribution in [0.25, 0.3) is 21.9 Å². The van der Waals surface area contributed by atoms with Crippen LogP contribution in [-0.4, -0.2) is 38.7 Å². The molecule has 2 aromatic heterocycles. The van der Waals surface area contributed by atoms with Gasteiger partial charge in [0.25, 0.3) is 0 Å². The third kappa shape index (κ3) is 3.83. The van der Waals surface area contributed by atoms with E-state index in [2.05, 4.69) is 58.8 Å². The summed E-state index contributed by atoms with van der Waals surface area (Å²) in [4.78, 5) is 17.8. The van der Waals surface area contributed by atoms with E-state index in [-0.39, 0.29) is 5.69 Å². The van der Waals surface area contributed by atoms with Crippen molar-refractivity contribution in [3.63, 3.8) is 0 Å². The van der Waals surface area contributed by atoms with E-state index in [1.165, 1.54) is 29.3 Å². The van der Waals surface area contributed by atoms with Crippen molar-refractivity contribution in [2.75, 3.05) is 19.6 Å². The molecule has 0 spiro atoms. The number of benzene rings is 2. The van der Waals surface area contributed by atoms with Gasteiger partial charge in [-0.25, -0.2) is 4.79 Å². The number of H-pyrrole nitrogens is 1. The Morgan fingerprint density at radius 2 is 1.68 bits per heavy atom. The standard InChI is InChI=1S/C26H32N4O/c1-19(2)30-18-22(21-8-3-5-10-24(21)30)20-12-16-28(17-13-20)14-7-15-29-25-11-6-4-9-23(25)27-26(29)31/h3-6,8-11,18-20H,7,12-17H2,1-2H3,(H,27,31). The molecule has 0 aliphatic carbocycles. The summed E-state index contributed by atoms with van der Waals surface area (Å²) >= 11 is 0. The van der Waals surface area contributed by atoms with Crippen molar-refractivity contribution < 1.29 is 0 Å². The van der Waals surface area contributed by atoms with Crippen LogP contribution in [0.15, 0.2) is 59.5 Å². The van der Waals surface area contributed by atoms with Crippen LogP contribution in [0.5, 0.6) is 0 Å². The molecule has 5 heteroatoms. The van der Waals surface area contributed by atoms with Crippen molar-refractivity contribution in [1.82, 2.24) is 19.0 Å². The number of likely N-dealkylation sites (tertiary alicyclic amines) is 1. The van der Waals surface area contributed by atoms with E-state index in [9.17, 15) is 4.79 Å². The maximum atomic E-state index is 12.3. The molecule has 0 unspecified atom stereocenters. The molecule has 162 valence electrons. The normalized spacial score (nSPS) is 16.1. The summed E-state index contributed by atoms with van der Waals surface area (Å²) in [5, 5.41) is 1.42. The van der Waals surface area contributed by atoms with Gasteiger partial charge in [0.05, 0.1) is 11.0 Å². The number of aryl methyl sites for hydroxylation is 1. The van der Waals surface area contributed by atoms with Crippen LogP contribution in [-0.2, 0) is 6.54 Å². The lowest BCUT2D eigenvalue weighted by Gasteiger charge is -2.32. The number of para-hydroxylation sites is 3. The first kappa shape index (κ1) is 20.1. The molecule has 0 saturated carbocycles. The van der Waals surface area contributed by atoms with E-state index >= 15 is 0 Å². The minimum absolute atomic E-state index is 0.00134. The third-order valence-corrected chi connectivity index (χ3v) is 6.89. The van der Waals surface area contributed by atoms with E-state index in [4.69, 9.17) is 0 Å². The van der Waals surface area contributed by atoms with E-state index in [0.29, 0.717) is 12.0 Å². The van der Waals surface area contributed by atoms with Gasteiger partial charge in [0.15, 0.2) is 0 Å². The highest BCUT2D eigenvalue weighted by molar-refractivity contribution is 5.84. The molecule has 0 amide bonds. The Labute approximate surface area is 183 Å². The molecule has 4 aromatic rings. The molecule has 3 heterocycles. The van der Waals surface area contributed by atoms with Crippen LogP contribution in [0, 0.1) is 0 Å². The Bertz CT molecular complexity index is 1240. The topological polar surface area (TPSA) is 46.0 Å². The van der Waals surface area contributed by atoms with Gasteiger partial charge in [0.1, 0.15) is 0 Å². The Hall–Kier alpha value is -2.79. The van der Waals surface area contributed by atoms with E-state index in [1.54, 1.807) is 0 Å². The Balaban J connectivity index is 1.21. The number of imidazole rings is 1. The highest BCUT2D eigenvalue weighted by Crippen LogP contribution is 2.35. The Morgan fingerprint density at radius 3 is 2.45 bits per heavy atom. The molecule has 0 atom stereocenters. The van der Waals surface area contributed by atoms with Crippen molar-refractivity contribution in [3.05, 3.63) is 70.8 Å². The number of aromatic amines is 1. The summed E-state index contributed by atoms with van der Waals surface area (Å²) < 4.78 is 4.30. The van der Waals surface area contributed by atoms with Gasteiger partial charge in [-0.15, -0.1) is 0 Å². The summed E-state index contributed by atoms with van der Waals surface area (Å²) in [6, 6.07) is 17.3. The molecule has 0 bridgehead atoms. The van der Waals surface area contributed by atoms with Gasteiger partial charge < -0.3 is 14.5 Å². The number of nitrogens with zero attached hydrogens (tertiary/aromatic N) is 3. The second kappa shape index (κ2) is 8.39. The minimum atomic E-state index is 0.00134. The maximum absolute atomic E-state index is 12.3. The molecule has 1 fully saturated rings. The fourth-order valence-corrected chi connectivity index (χ4v) is 5.23. The molecule has 2 aromatic carbocycles. The molecule has 31 heavy (non-hydrogen) atoms. The Kier molecular flexibility index (Phi) is 5.45. The molecule has 1 aliphatic rings. The minimum Gasteiger partial charge on any atom is -0.345 e. The average Bonchev–Trinajstić information content (AvgIpc) is 3.32. The van der Waals surface area contributed by atoms with Crippen LogP contribution in [0.3, 0.4) is 0 Å². The Morgan fingerprint density at radius 1 is 0.968 bits per heavy atom. The largest absolute Gasteiger partial charge is 0.345 e. The van der Waals surface area contributed by atoms with Gasteiger partial charge in [0.2, 0.25) is 0 Å². The highest BCUT2D eigenvalue weighted by Gasteiger charge is 2.24. The zero-order valence-corrected chi connectivity index (χ0v) is 18.6. The number of piperidine rings is 1. The summed E-state index contributed by atoms with van der Waals surface area (Å²) in [5.41, 5.74) is 4.82. The fraction of sp³-hybridized carbons (Fsp3) is 0.423. The molecule has 1 aliphatic heterocycles. The second-order valence-electron chi connectivity index (χ2n) is 9.17.